The van der Waals surface area contributed by atoms with Gasteiger partial charge in [0.1, 0.15) is 5.75 Å². The first-order valence-corrected chi connectivity index (χ1v) is 8.36. The molecule has 0 unspecified atom stereocenters. The van der Waals surface area contributed by atoms with Crippen LogP contribution in [0.5, 0.6) is 5.75 Å². The standard InChI is InChI=1S/C19H16ClN3O2/c1-11(2)24-17-7-6-12(10-15(17)20)19-22-18(23-25-19)14-4-3-5-16-13(14)8-9-21-16/h3-11,21H,1-2H3. The second-order valence-corrected chi connectivity index (χ2v) is 6.39. The average molecular weight is 354 g/mol. The summed E-state index contributed by atoms with van der Waals surface area (Å²) in [5.41, 5.74) is 2.70. The van der Waals surface area contributed by atoms with E-state index in [1.165, 1.54) is 0 Å². The van der Waals surface area contributed by atoms with Gasteiger partial charge >= 0.3 is 0 Å². The van der Waals surface area contributed by atoms with Crippen molar-refractivity contribution in [3.63, 3.8) is 0 Å². The van der Waals surface area contributed by atoms with Gasteiger partial charge in [-0.25, -0.2) is 0 Å². The van der Waals surface area contributed by atoms with Gasteiger partial charge in [0.05, 0.1) is 11.1 Å². The summed E-state index contributed by atoms with van der Waals surface area (Å²) in [5.74, 6) is 1.59. The summed E-state index contributed by atoms with van der Waals surface area (Å²) < 4.78 is 11.1. The van der Waals surface area contributed by atoms with E-state index >= 15 is 0 Å². The van der Waals surface area contributed by atoms with Gasteiger partial charge in [-0.2, -0.15) is 4.98 Å². The van der Waals surface area contributed by atoms with Crippen LogP contribution in [0.25, 0.3) is 33.7 Å². The number of hydrogen-bond donors (Lipinski definition) is 1. The predicted molar refractivity (Wildman–Crippen MR) is 97.8 cm³/mol. The molecular formula is C19H16ClN3O2. The van der Waals surface area contributed by atoms with E-state index in [0.717, 1.165) is 22.0 Å². The molecule has 0 saturated carbocycles. The largest absolute Gasteiger partial charge is 0.489 e. The molecule has 2 aromatic carbocycles. The molecule has 0 amide bonds. The maximum atomic E-state index is 6.29. The van der Waals surface area contributed by atoms with Crippen LogP contribution in [0.4, 0.5) is 0 Å². The number of H-pyrrole nitrogens is 1. The van der Waals surface area contributed by atoms with Crippen LogP contribution in [-0.2, 0) is 0 Å². The lowest BCUT2D eigenvalue weighted by molar-refractivity contribution is 0.242. The molecule has 2 heterocycles. The number of benzene rings is 2. The zero-order valence-electron chi connectivity index (χ0n) is 13.8. The van der Waals surface area contributed by atoms with Crippen LogP contribution in [0.3, 0.4) is 0 Å². The first kappa shape index (κ1) is 15.7. The fraction of sp³-hybridized carbons (Fsp3) is 0.158. The van der Waals surface area contributed by atoms with Crippen molar-refractivity contribution < 1.29 is 9.26 Å². The van der Waals surface area contributed by atoms with Crippen LogP contribution in [0.2, 0.25) is 5.02 Å². The Hall–Kier alpha value is -2.79. The molecule has 0 fully saturated rings. The summed E-state index contributed by atoms with van der Waals surface area (Å²) in [6.45, 7) is 3.91. The Morgan fingerprint density at radius 3 is 2.84 bits per heavy atom. The number of aromatic amines is 1. The molecule has 0 bridgehead atoms. The Labute approximate surface area is 149 Å². The molecule has 0 radical (unpaired) electrons. The molecule has 2 aromatic heterocycles. The van der Waals surface area contributed by atoms with E-state index < -0.39 is 0 Å². The highest BCUT2D eigenvalue weighted by molar-refractivity contribution is 6.32. The topological polar surface area (TPSA) is 63.9 Å². The summed E-state index contributed by atoms with van der Waals surface area (Å²) >= 11 is 6.29. The number of halogens is 1. The quantitative estimate of drug-likeness (QED) is 0.539. The molecule has 0 aliphatic heterocycles. The van der Waals surface area contributed by atoms with E-state index in [4.69, 9.17) is 20.9 Å². The second-order valence-electron chi connectivity index (χ2n) is 5.98. The highest BCUT2D eigenvalue weighted by Crippen LogP contribution is 2.32. The summed E-state index contributed by atoms with van der Waals surface area (Å²) in [4.78, 5) is 7.70. The Balaban J connectivity index is 1.70. The van der Waals surface area contributed by atoms with Gasteiger partial charge in [-0.3, -0.25) is 0 Å². The van der Waals surface area contributed by atoms with Crippen molar-refractivity contribution >= 4 is 22.5 Å². The molecule has 25 heavy (non-hydrogen) atoms. The maximum Gasteiger partial charge on any atom is 0.258 e. The van der Waals surface area contributed by atoms with Gasteiger partial charge < -0.3 is 14.2 Å². The monoisotopic (exact) mass is 353 g/mol. The van der Waals surface area contributed by atoms with Gasteiger partial charge in [0.25, 0.3) is 5.89 Å². The minimum Gasteiger partial charge on any atom is -0.489 e. The van der Waals surface area contributed by atoms with Crippen LogP contribution in [-0.4, -0.2) is 21.2 Å². The van der Waals surface area contributed by atoms with Crippen LogP contribution in [0.1, 0.15) is 13.8 Å². The van der Waals surface area contributed by atoms with Crippen molar-refractivity contribution in [3.8, 4) is 28.6 Å². The van der Waals surface area contributed by atoms with Crippen molar-refractivity contribution in [2.45, 2.75) is 20.0 Å². The minimum atomic E-state index is 0.0557. The number of hydrogen-bond acceptors (Lipinski definition) is 4. The number of aromatic nitrogens is 3. The fourth-order valence-corrected chi connectivity index (χ4v) is 2.94. The zero-order chi connectivity index (χ0) is 17.4. The molecule has 4 rings (SSSR count). The van der Waals surface area contributed by atoms with Crippen LogP contribution >= 0.6 is 11.6 Å². The molecule has 0 aliphatic carbocycles. The first-order chi connectivity index (χ1) is 12.1. The molecule has 6 heteroatoms. The lowest BCUT2D eigenvalue weighted by atomic mass is 10.1. The van der Waals surface area contributed by atoms with Gasteiger partial charge in [0.2, 0.25) is 5.82 Å². The number of nitrogens with zero attached hydrogens (tertiary/aromatic N) is 2. The van der Waals surface area contributed by atoms with Gasteiger partial charge in [0.15, 0.2) is 0 Å². The van der Waals surface area contributed by atoms with Crippen molar-refractivity contribution in [1.29, 1.82) is 0 Å². The average Bonchev–Trinajstić information content (AvgIpc) is 3.24. The zero-order valence-corrected chi connectivity index (χ0v) is 14.5. The van der Waals surface area contributed by atoms with E-state index in [0.29, 0.717) is 22.5 Å². The van der Waals surface area contributed by atoms with Crippen molar-refractivity contribution in [2.75, 3.05) is 0 Å². The highest BCUT2D eigenvalue weighted by atomic mass is 35.5. The summed E-state index contributed by atoms with van der Waals surface area (Å²) in [5, 5.41) is 5.68. The van der Waals surface area contributed by atoms with Gasteiger partial charge in [-0.15, -0.1) is 0 Å². The fourth-order valence-electron chi connectivity index (χ4n) is 2.71. The first-order valence-electron chi connectivity index (χ1n) is 7.98. The van der Waals surface area contributed by atoms with Crippen molar-refractivity contribution in [3.05, 3.63) is 53.7 Å². The lowest BCUT2D eigenvalue weighted by Gasteiger charge is -2.11. The number of ether oxygens (including phenoxy) is 1. The third kappa shape index (κ3) is 2.98. The molecule has 126 valence electrons. The molecule has 4 aromatic rings. The SMILES string of the molecule is CC(C)Oc1ccc(-c2nc(-c3cccc4[nH]ccc34)no2)cc1Cl. The summed E-state index contributed by atoms with van der Waals surface area (Å²) in [6, 6.07) is 13.4. The van der Waals surface area contributed by atoms with Crippen LogP contribution < -0.4 is 4.74 Å². The second kappa shape index (κ2) is 6.26. The smallest absolute Gasteiger partial charge is 0.258 e. The minimum absolute atomic E-state index is 0.0557. The summed E-state index contributed by atoms with van der Waals surface area (Å²) in [6.07, 6.45) is 1.95. The van der Waals surface area contributed by atoms with E-state index in [1.807, 2.05) is 56.4 Å². The van der Waals surface area contributed by atoms with Crippen molar-refractivity contribution in [2.24, 2.45) is 0 Å². The number of fused-ring (bicyclic) bond motifs is 1. The van der Waals surface area contributed by atoms with Gasteiger partial charge in [-0.1, -0.05) is 28.9 Å². The molecule has 0 saturated heterocycles. The molecule has 0 aliphatic rings. The molecule has 0 spiro atoms. The maximum absolute atomic E-state index is 6.29. The molecule has 0 atom stereocenters. The Morgan fingerprint density at radius 2 is 2.04 bits per heavy atom. The Bertz CT molecular complexity index is 1040. The molecule has 1 N–H and O–H groups in total. The van der Waals surface area contributed by atoms with E-state index in [-0.39, 0.29) is 6.10 Å². The Kier molecular flexibility index (Phi) is 3.93. The van der Waals surface area contributed by atoms with E-state index in [2.05, 4.69) is 15.1 Å². The molecular weight excluding hydrogens is 338 g/mol. The third-order valence-corrected chi connectivity index (χ3v) is 4.10. The van der Waals surface area contributed by atoms with Crippen LogP contribution in [0.15, 0.2) is 53.2 Å². The van der Waals surface area contributed by atoms with E-state index in [1.54, 1.807) is 6.07 Å². The van der Waals surface area contributed by atoms with Gasteiger partial charge in [-0.05, 0) is 44.2 Å². The third-order valence-electron chi connectivity index (χ3n) is 3.80. The highest BCUT2D eigenvalue weighted by Gasteiger charge is 2.15. The normalized spacial score (nSPS) is 11.4. The Morgan fingerprint density at radius 1 is 1.16 bits per heavy atom. The number of nitrogens with one attached hydrogen (secondary N) is 1. The predicted octanol–water partition coefficient (Wildman–Crippen LogP) is 5.33. The van der Waals surface area contributed by atoms with Gasteiger partial charge in [0, 0.05) is 28.2 Å². The van der Waals surface area contributed by atoms with Crippen molar-refractivity contribution in [1.82, 2.24) is 15.1 Å². The number of rotatable bonds is 4. The molecule has 5 nitrogen and oxygen atoms in total. The summed E-state index contributed by atoms with van der Waals surface area (Å²) in [7, 11) is 0. The lowest BCUT2D eigenvalue weighted by Crippen LogP contribution is -2.05. The van der Waals surface area contributed by atoms with Crippen LogP contribution in [0, 0.1) is 0 Å². The van der Waals surface area contributed by atoms with E-state index in [9.17, 15) is 0 Å².